The van der Waals surface area contributed by atoms with Gasteiger partial charge in [-0.3, -0.25) is 4.79 Å². The predicted molar refractivity (Wildman–Crippen MR) is 129 cm³/mol. The lowest BCUT2D eigenvalue weighted by Crippen LogP contribution is -2.42. The maximum atomic E-state index is 12.8. The molecule has 33 heavy (non-hydrogen) atoms. The van der Waals surface area contributed by atoms with Gasteiger partial charge in [-0.1, -0.05) is 43.0 Å². The third-order valence-electron chi connectivity index (χ3n) is 6.76. The molecule has 1 aliphatic carbocycles. The van der Waals surface area contributed by atoms with Crippen LogP contribution in [0.1, 0.15) is 44.1 Å². The first-order valence-corrected chi connectivity index (χ1v) is 12.1. The quantitative estimate of drug-likeness (QED) is 0.621. The summed E-state index contributed by atoms with van der Waals surface area (Å²) in [5.41, 5.74) is 1.48. The second-order valence-electron chi connectivity index (χ2n) is 8.97. The van der Waals surface area contributed by atoms with E-state index >= 15 is 0 Å². The number of carbonyl (C=O) groups is 1. The van der Waals surface area contributed by atoms with Gasteiger partial charge in [-0.25, -0.2) is 0 Å². The Balaban J connectivity index is 1.44. The van der Waals surface area contributed by atoms with Gasteiger partial charge in [0.2, 0.25) is 0 Å². The van der Waals surface area contributed by atoms with Gasteiger partial charge < -0.3 is 19.6 Å². The SMILES string of the molecule is N#Cc1ccc(N(CC2CCCCC2)C2CCN(C(=O)COc3ccccc3O)C2)cc1Cl. The van der Waals surface area contributed by atoms with Crippen LogP contribution >= 0.6 is 11.6 Å². The minimum Gasteiger partial charge on any atom is -0.504 e. The van der Waals surface area contributed by atoms with E-state index in [4.69, 9.17) is 16.3 Å². The number of rotatable bonds is 7. The molecule has 1 saturated heterocycles. The fourth-order valence-corrected chi connectivity index (χ4v) is 5.14. The molecule has 0 bridgehead atoms. The van der Waals surface area contributed by atoms with Crippen molar-refractivity contribution in [3.8, 4) is 17.6 Å². The van der Waals surface area contributed by atoms with Crippen LogP contribution in [0.15, 0.2) is 42.5 Å². The van der Waals surface area contributed by atoms with Gasteiger partial charge in [-0.15, -0.1) is 0 Å². The Morgan fingerprint density at radius 2 is 1.97 bits per heavy atom. The summed E-state index contributed by atoms with van der Waals surface area (Å²) in [6, 6.07) is 14.6. The molecule has 6 nitrogen and oxygen atoms in total. The molecular weight excluding hydrogens is 438 g/mol. The van der Waals surface area contributed by atoms with Crippen LogP contribution in [0.25, 0.3) is 0 Å². The molecule has 1 amide bonds. The van der Waals surface area contributed by atoms with Crippen LogP contribution < -0.4 is 9.64 Å². The number of hydrogen-bond acceptors (Lipinski definition) is 5. The second kappa shape index (κ2) is 10.8. The van der Waals surface area contributed by atoms with Crippen molar-refractivity contribution in [1.82, 2.24) is 4.90 Å². The normalized spacial score (nSPS) is 18.7. The van der Waals surface area contributed by atoms with Gasteiger partial charge in [-0.05, 0) is 55.5 Å². The van der Waals surface area contributed by atoms with Crippen molar-refractivity contribution in [1.29, 1.82) is 5.26 Å². The van der Waals surface area contributed by atoms with E-state index in [9.17, 15) is 15.2 Å². The average Bonchev–Trinajstić information content (AvgIpc) is 3.32. The molecule has 0 spiro atoms. The average molecular weight is 468 g/mol. The number of anilines is 1. The molecule has 2 aromatic rings. The monoisotopic (exact) mass is 467 g/mol. The van der Waals surface area contributed by atoms with E-state index in [-0.39, 0.29) is 24.3 Å². The zero-order valence-electron chi connectivity index (χ0n) is 18.8. The maximum absolute atomic E-state index is 12.8. The number of phenolic OH excluding ortho intramolecular Hbond substituents is 1. The summed E-state index contributed by atoms with van der Waals surface area (Å²) in [5, 5.41) is 19.6. The Labute approximate surface area is 200 Å². The van der Waals surface area contributed by atoms with Crippen LogP contribution in [0.3, 0.4) is 0 Å². The largest absolute Gasteiger partial charge is 0.504 e. The Bertz CT molecular complexity index is 1020. The number of amides is 1. The molecule has 1 aliphatic heterocycles. The van der Waals surface area contributed by atoms with Gasteiger partial charge in [0, 0.05) is 31.4 Å². The van der Waals surface area contributed by atoms with Gasteiger partial charge in [0.15, 0.2) is 18.1 Å². The molecule has 1 atom stereocenters. The summed E-state index contributed by atoms with van der Waals surface area (Å²) in [6.07, 6.45) is 7.17. The fourth-order valence-electron chi connectivity index (χ4n) is 4.92. The first kappa shape index (κ1) is 23.3. The Morgan fingerprint density at radius 1 is 1.18 bits per heavy atom. The zero-order chi connectivity index (χ0) is 23.2. The van der Waals surface area contributed by atoms with E-state index in [0.29, 0.717) is 35.3 Å². The molecule has 7 heteroatoms. The second-order valence-corrected chi connectivity index (χ2v) is 9.38. The van der Waals surface area contributed by atoms with Crippen molar-refractivity contribution >= 4 is 23.2 Å². The topological polar surface area (TPSA) is 76.8 Å². The molecule has 4 rings (SSSR count). The minimum atomic E-state index is -0.102. The number of nitrogens with zero attached hydrogens (tertiary/aromatic N) is 3. The first-order valence-electron chi connectivity index (χ1n) is 11.7. The highest BCUT2D eigenvalue weighted by atomic mass is 35.5. The highest BCUT2D eigenvalue weighted by Gasteiger charge is 2.32. The third-order valence-corrected chi connectivity index (χ3v) is 7.07. The maximum Gasteiger partial charge on any atom is 0.260 e. The molecule has 1 saturated carbocycles. The zero-order valence-corrected chi connectivity index (χ0v) is 19.5. The summed E-state index contributed by atoms with van der Waals surface area (Å²) in [7, 11) is 0. The number of hydrogen-bond donors (Lipinski definition) is 1. The molecule has 2 aliphatic rings. The summed E-state index contributed by atoms with van der Waals surface area (Å²) < 4.78 is 5.55. The van der Waals surface area contributed by atoms with E-state index in [1.165, 1.54) is 38.2 Å². The lowest BCUT2D eigenvalue weighted by Gasteiger charge is -2.36. The molecular formula is C26H30ClN3O3. The van der Waals surface area contributed by atoms with E-state index in [0.717, 1.165) is 18.7 Å². The van der Waals surface area contributed by atoms with Crippen LogP contribution in [-0.4, -0.2) is 48.2 Å². The number of benzene rings is 2. The van der Waals surface area contributed by atoms with Crippen molar-refractivity contribution in [3.05, 3.63) is 53.1 Å². The highest BCUT2D eigenvalue weighted by Crippen LogP contribution is 2.32. The number of ether oxygens (including phenoxy) is 1. The molecule has 2 fully saturated rings. The van der Waals surface area contributed by atoms with Crippen LogP contribution in [0.2, 0.25) is 5.02 Å². The minimum absolute atomic E-state index is 0.0287. The smallest absolute Gasteiger partial charge is 0.260 e. The molecule has 1 N–H and O–H groups in total. The lowest BCUT2D eigenvalue weighted by atomic mass is 9.88. The van der Waals surface area contributed by atoms with Crippen LogP contribution in [0.4, 0.5) is 5.69 Å². The number of aromatic hydroxyl groups is 1. The van der Waals surface area contributed by atoms with Crippen molar-refractivity contribution < 1.29 is 14.6 Å². The highest BCUT2D eigenvalue weighted by molar-refractivity contribution is 6.32. The van der Waals surface area contributed by atoms with Crippen molar-refractivity contribution in [2.45, 2.75) is 44.6 Å². The van der Waals surface area contributed by atoms with Crippen molar-refractivity contribution in [2.24, 2.45) is 5.92 Å². The fraction of sp³-hybridized carbons (Fsp3) is 0.462. The van der Waals surface area contributed by atoms with E-state index in [2.05, 4.69) is 11.0 Å². The molecule has 174 valence electrons. The molecule has 2 aromatic carbocycles. The number of likely N-dealkylation sites (tertiary alicyclic amines) is 1. The molecule has 1 heterocycles. The van der Waals surface area contributed by atoms with Gasteiger partial charge in [-0.2, -0.15) is 5.26 Å². The van der Waals surface area contributed by atoms with E-state index in [1.807, 2.05) is 17.0 Å². The summed E-state index contributed by atoms with van der Waals surface area (Å²) in [4.78, 5) is 17.0. The number of para-hydroxylation sites is 2. The third kappa shape index (κ3) is 5.72. The van der Waals surface area contributed by atoms with Gasteiger partial charge in [0.25, 0.3) is 5.91 Å². The van der Waals surface area contributed by atoms with Crippen molar-refractivity contribution in [3.63, 3.8) is 0 Å². The number of carbonyl (C=O) groups excluding carboxylic acids is 1. The summed E-state index contributed by atoms with van der Waals surface area (Å²) in [5.74, 6) is 0.882. The lowest BCUT2D eigenvalue weighted by molar-refractivity contribution is -0.132. The summed E-state index contributed by atoms with van der Waals surface area (Å²) >= 11 is 6.36. The van der Waals surface area contributed by atoms with Crippen LogP contribution in [-0.2, 0) is 4.79 Å². The Kier molecular flexibility index (Phi) is 7.61. The molecule has 1 unspecified atom stereocenters. The van der Waals surface area contributed by atoms with Gasteiger partial charge in [0.05, 0.1) is 10.6 Å². The van der Waals surface area contributed by atoms with Crippen LogP contribution in [0.5, 0.6) is 11.5 Å². The van der Waals surface area contributed by atoms with Gasteiger partial charge >= 0.3 is 0 Å². The predicted octanol–water partition coefficient (Wildman–Crippen LogP) is 4.98. The first-order chi connectivity index (χ1) is 16.0. The van der Waals surface area contributed by atoms with Crippen molar-refractivity contribution in [2.75, 3.05) is 31.1 Å². The Hall–Kier alpha value is -2.91. The van der Waals surface area contributed by atoms with Crippen LogP contribution in [0, 0.1) is 17.2 Å². The van der Waals surface area contributed by atoms with E-state index in [1.54, 1.807) is 24.3 Å². The number of nitriles is 1. The number of halogens is 1. The molecule has 0 radical (unpaired) electrons. The summed E-state index contributed by atoms with van der Waals surface area (Å²) in [6.45, 7) is 2.12. The Morgan fingerprint density at radius 3 is 2.70 bits per heavy atom. The molecule has 0 aromatic heterocycles. The number of phenols is 1. The standard InChI is InChI=1S/C26H30ClN3O3/c27-23-14-21(11-10-20(23)15-28)30(16-19-6-2-1-3-7-19)22-12-13-29(17-22)26(32)18-33-25-9-5-4-8-24(25)31/h4-5,8-11,14,19,22,31H,1-3,6-7,12-13,16-18H2. The van der Waals surface area contributed by atoms with Gasteiger partial charge in [0.1, 0.15) is 6.07 Å². The van der Waals surface area contributed by atoms with E-state index < -0.39 is 0 Å².